The highest BCUT2D eigenvalue weighted by Gasteiger charge is 2.21. The molecule has 0 aliphatic carbocycles. The molecule has 7 nitrogen and oxygen atoms in total. The van der Waals surface area contributed by atoms with Gasteiger partial charge in [0.1, 0.15) is 0 Å². The summed E-state index contributed by atoms with van der Waals surface area (Å²) in [5, 5.41) is 4.97. The summed E-state index contributed by atoms with van der Waals surface area (Å²) in [6.45, 7) is 1.44. The number of nitrogens with one attached hydrogen (secondary N) is 1. The van der Waals surface area contributed by atoms with Crippen molar-refractivity contribution in [3.63, 3.8) is 0 Å². The van der Waals surface area contributed by atoms with Gasteiger partial charge in [-0.3, -0.25) is 4.72 Å². The normalized spacial score (nSPS) is 12.3. The number of aromatic nitrogens is 1. The number of nitrogens with zero attached hydrogens (tertiary/aromatic N) is 1. The molecule has 0 atom stereocenters. The van der Waals surface area contributed by atoms with Gasteiger partial charge < -0.3 is 0 Å². The fraction of sp³-hybridized carbons (Fsp3) is 0.100. The zero-order valence-electron chi connectivity index (χ0n) is 10.6. The smallest absolute Gasteiger partial charge is 0.255 e. The lowest BCUT2D eigenvalue weighted by atomic mass is 10.4. The molecule has 2 rings (SSSR count). The number of primary sulfonamides is 1. The molecule has 2 aromatic rings. The Labute approximate surface area is 134 Å². The molecule has 114 valence electrons. The summed E-state index contributed by atoms with van der Waals surface area (Å²) in [5.74, 6) is 0. The van der Waals surface area contributed by atoms with Crippen molar-refractivity contribution < 1.29 is 16.8 Å². The van der Waals surface area contributed by atoms with Gasteiger partial charge in [0.2, 0.25) is 10.0 Å². The minimum absolute atomic E-state index is 0.0377. The Bertz CT molecular complexity index is 873. The van der Waals surface area contributed by atoms with Gasteiger partial charge in [0, 0.05) is 4.47 Å². The van der Waals surface area contributed by atoms with Gasteiger partial charge in [0.25, 0.3) is 10.0 Å². The first-order chi connectivity index (χ1) is 9.59. The molecular formula is C10H10BrN3O4S3. The van der Waals surface area contributed by atoms with Crippen LogP contribution in [0.25, 0.3) is 0 Å². The van der Waals surface area contributed by atoms with Crippen LogP contribution in [-0.2, 0) is 20.0 Å². The zero-order valence-corrected chi connectivity index (χ0v) is 14.6. The van der Waals surface area contributed by atoms with E-state index in [1.807, 2.05) is 0 Å². The van der Waals surface area contributed by atoms with Crippen LogP contribution in [0.5, 0.6) is 0 Å². The molecule has 0 radical (unpaired) electrons. The third-order valence-electron chi connectivity index (χ3n) is 2.36. The topological polar surface area (TPSA) is 119 Å². The van der Waals surface area contributed by atoms with Crippen molar-refractivity contribution in [2.24, 2.45) is 5.14 Å². The third-order valence-corrected chi connectivity index (χ3v) is 7.00. The first-order valence-corrected chi connectivity index (χ1v) is 10.0. The number of hydrogen-bond donors (Lipinski definition) is 2. The standard InChI is InChI=1S/C10H10BrN3O4S3/c1-6-9(20(12,15)16)19-10(13-6)14-21(17,18)8-4-2-7(11)3-5-8/h2-5H,1H3,(H,13,14)(H2,12,15,16). The summed E-state index contributed by atoms with van der Waals surface area (Å²) in [6.07, 6.45) is 0. The van der Waals surface area contributed by atoms with E-state index in [0.717, 1.165) is 4.47 Å². The predicted molar refractivity (Wildman–Crippen MR) is 83.2 cm³/mol. The molecule has 0 amide bonds. The highest BCUT2D eigenvalue weighted by Crippen LogP contribution is 2.28. The van der Waals surface area contributed by atoms with Gasteiger partial charge in [-0.1, -0.05) is 27.3 Å². The number of halogens is 1. The van der Waals surface area contributed by atoms with Gasteiger partial charge in [-0.2, -0.15) is 0 Å². The van der Waals surface area contributed by atoms with E-state index >= 15 is 0 Å². The number of rotatable bonds is 4. The number of nitrogens with two attached hydrogens (primary N) is 1. The van der Waals surface area contributed by atoms with Crippen molar-refractivity contribution in [2.45, 2.75) is 16.0 Å². The maximum Gasteiger partial charge on any atom is 0.263 e. The number of sulfonamides is 2. The van der Waals surface area contributed by atoms with Crippen LogP contribution in [-0.4, -0.2) is 21.8 Å². The van der Waals surface area contributed by atoms with Gasteiger partial charge in [-0.15, -0.1) is 0 Å². The molecule has 1 aromatic heterocycles. The van der Waals surface area contributed by atoms with E-state index in [9.17, 15) is 16.8 Å². The third kappa shape index (κ3) is 3.80. The molecule has 0 saturated carbocycles. The van der Waals surface area contributed by atoms with Crippen LogP contribution in [0.4, 0.5) is 5.13 Å². The van der Waals surface area contributed by atoms with E-state index in [1.165, 1.54) is 19.1 Å². The first kappa shape index (κ1) is 16.4. The van der Waals surface area contributed by atoms with E-state index in [4.69, 9.17) is 5.14 Å². The molecule has 11 heteroatoms. The van der Waals surface area contributed by atoms with Crippen LogP contribution in [0.1, 0.15) is 5.69 Å². The molecule has 0 unspecified atom stereocenters. The molecule has 1 heterocycles. The Morgan fingerprint density at radius 2 is 1.76 bits per heavy atom. The lowest BCUT2D eigenvalue weighted by Gasteiger charge is -2.04. The molecule has 3 N–H and O–H groups in total. The van der Waals surface area contributed by atoms with Crippen molar-refractivity contribution in [3.05, 3.63) is 34.4 Å². The van der Waals surface area contributed by atoms with Crippen LogP contribution >= 0.6 is 27.3 Å². The minimum atomic E-state index is -3.92. The fourth-order valence-corrected chi connectivity index (χ4v) is 4.84. The van der Waals surface area contributed by atoms with Crippen molar-refractivity contribution in [2.75, 3.05) is 4.72 Å². The maximum atomic E-state index is 12.1. The molecule has 0 saturated heterocycles. The molecular weight excluding hydrogens is 402 g/mol. The Hall–Kier alpha value is -1.01. The Morgan fingerprint density at radius 3 is 2.24 bits per heavy atom. The van der Waals surface area contributed by atoms with Crippen molar-refractivity contribution in [3.8, 4) is 0 Å². The average Bonchev–Trinajstić information content (AvgIpc) is 2.69. The van der Waals surface area contributed by atoms with Gasteiger partial charge in [0.05, 0.1) is 10.6 Å². The summed E-state index contributed by atoms with van der Waals surface area (Å²) < 4.78 is 49.7. The van der Waals surface area contributed by atoms with Gasteiger partial charge >= 0.3 is 0 Å². The maximum absolute atomic E-state index is 12.1. The van der Waals surface area contributed by atoms with Crippen LogP contribution in [0.15, 0.2) is 37.8 Å². The van der Waals surface area contributed by atoms with Crippen molar-refractivity contribution in [1.82, 2.24) is 4.98 Å². The Kier molecular flexibility index (Phi) is 4.40. The predicted octanol–water partition coefficient (Wildman–Crippen LogP) is 1.66. The van der Waals surface area contributed by atoms with Crippen LogP contribution in [0, 0.1) is 6.92 Å². The second-order valence-corrected chi connectivity index (χ2v) is 9.35. The van der Waals surface area contributed by atoms with Crippen molar-refractivity contribution in [1.29, 1.82) is 0 Å². The molecule has 0 aliphatic heterocycles. The van der Waals surface area contributed by atoms with Crippen LogP contribution in [0.2, 0.25) is 0 Å². The highest BCUT2D eigenvalue weighted by molar-refractivity contribution is 9.10. The second-order valence-electron chi connectivity index (χ2n) is 4.00. The number of hydrogen-bond acceptors (Lipinski definition) is 6. The highest BCUT2D eigenvalue weighted by atomic mass is 79.9. The van der Waals surface area contributed by atoms with Gasteiger partial charge in [-0.25, -0.2) is 27.0 Å². The van der Waals surface area contributed by atoms with E-state index in [2.05, 4.69) is 25.6 Å². The lowest BCUT2D eigenvalue weighted by molar-refractivity contribution is 0.598. The molecule has 21 heavy (non-hydrogen) atoms. The lowest BCUT2D eigenvalue weighted by Crippen LogP contribution is -2.12. The molecule has 0 bridgehead atoms. The molecule has 0 spiro atoms. The molecule has 1 aromatic carbocycles. The summed E-state index contributed by atoms with van der Waals surface area (Å²) in [5.41, 5.74) is 0.149. The minimum Gasteiger partial charge on any atom is -0.255 e. The number of anilines is 1. The first-order valence-electron chi connectivity index (χ1n) is 5.38. The zero-order chi connectivity index (χ0) is 15.8. The second kappa shape index (κ2) is 5.65. The van der Waals surface area contributed by atoms with Crippen LogP contribution in [0.3, 0.4) is 0 Å². The van der Waals surface area contributed by atoms with Crippen molar-refractivity contribution >= 4 is 52.4 Å². The summed E-state index contributed by atoms with van der Waals surface area (Å²) >= 11 is 3.88. The summed E-state index contributed by atoms with van der Waals surface area (Å²) in [6, 6.07) is 5.98. The quantitative estimate of drug-likeness (QED) is 0.792. The SMILES string of the molecule is Cc1nc(NS(=O)(=O)c2ccc(Br)cc2)sc1S(N)(=O)=O. The number of benzene rings is 1. The summed E-state index contributed by atoms with van der Waals surface area (Å²) in [7, 11) is -7.76. The Balaban J connectivity index is 2.36. The van der Waals surface area contributed by atoms with E-state index < -0.39 is 20.0 Å². The summed E-state index contributed by atoms with van der Waals surface area (Å²) in [4.78, 5) is 3.90. The van der Waals surface area contributed by atoms with E-state index in [1.54, 1.807) is 12.1 Å². The Morgan fingerprint density at radius 1 is 1.19 bits per heavy atom. The molecule has 0 fully saturated rings. The fourth-order valence-electron chi connectivity index (χ4n) is 1.48. The monoisotopic (exact) mass is 411 g/mol. The number of thiazole rings is 1. The van der Waals surface area contributed by atoms with Gasteiger partial charge in [0.15, 0.2) is 9.34 Å². The van der Waals surface area contributed by atoms with E-state index in [0.29, 0.717) is 11.3 Å². The van der Waals surface area contributed by atoms with Gasteiger partial charge in [-0.05, 0) is 31.2 Å². The molecule has 0 aliphatic rings. The largest absolute Gasteiger partial charge is 0.263 e. The average molecular weight is 412 g/mol. The number of aryl methyl sites for hydroxylation is 1. The van der Waals surface area contributed by atoms with E-state index in [-0.39, 0.29) is 19.9 Å². The van der Waals surface area contributed by atoms with Crippen LogP contribution < -0.4 is 9.86 Å².